The first kappa shape index (κ1) is 12.7. The molecule has 2 unspecified atom stereocenters. The molecule has 0 spiro atoms. The fourth-order valence-electron chi connectivity index (χ4n) is 2.72. The largest absolute Gasteiger partial charge is 0.379 e. The Hall–Kier alpha value is -1.05. The van der Waals surface area contributed by atoms with Crippen LogP contribution in [0.2, 0.25) is 0 Å². The molecule has 1 aliphatic carbocycles. The summed E-state index contributed by atoms with van der Waals surface area (Å²) in [5, 5.41) is 18.0. The zero-order valence-electron chi connectivity index (χ0n) is 11.6. The Balaban J connectivity index is 1.60. The summed E-state index contributed by atoms with van der Waals surface area (Å²) in [6, 6.07) is 0.378. The van der Waals surface area contributed by atoms with Crippen molar-refractivity contribution >= 4 is 16.3 Å². The Morgan fingerprint density at radius 2 is 2.25 bits per heavy atom. The second kappa shape index (κ2) is 5.05. The molecule has 1 saturated carbocycles. The van der Waals surface area contributed by atoms with Crippen molar-refractivity contribution in [3.05, 3.63) is 10.8 Å². The molecule has 2 aromatic rings. The van der Waals surface area contributed by atoms with E-state index in [1.807, 2.05) is 4.52 Å². The van der Waals surface area contributed by atoms with Gasteiger partial charge < -0.3 is 10.1 Å². The van der Waals surface area contributed by atoms with Gasteiger partial charge in [0.05, 0.1) is 19.1 Å². The summed E-state index contributed by atoms with van der Waals surface area (Å²) in [5.74, 6) is 1.97. The fraction of sp³-hybridized carbons (Fsp3) is 0.769. The Morgan fingerprint density at radius 3 is 3.05 bits per heavy atom. The van der Waals surface area contributed by atoms with Crippen molar-refractivity contribution in [1.82, 2.24) is 25.1 Å². The molecule has 108 valence electrons. The molecule has 4 rings (SSSR count). The lowest BCUT2D eigenvalue weighted by Gasteiger charge is -2.16. The van der Waals surface area contributed by atoms with Gasteiger partial charge in [-0.15, -0.1) is 10.2 Å². The smallest absolute Gasteiger partial charge is 0.234 e. The summed E-state index contributed by atoms with van der Waals surface area (Å²) >= 11 is 1.66. The lowest BCUT2D eigenvalue weighted by Crippen LogP contribution is -2.34. The van der Waals surface area contributed by atoms with Crippen LogP contribution in [0.15, 0.2) is 0 Å². The first-order valence-corrected chi connectivity index (χ1v) is 8.21. The summed E-state index contributed by atoms with van der Waals surface area (Å²) in [5.41, 5.74) is 0. The van der Waals surface area contributed by atoms with E-state index in [4.69, 9.17) is 9.84 Å². The summed E-state index contributed by atoms with van der Waals surface area (Å²) in [4.78, 5) is 0.919. The molecule has 1 aliphatic heterocycles. The topological polar surface area (TPSA) is 64.3 Å². The van der Waals surface area contributed by atoms with E-state index in [0.717, 1.165) is 42.0 Å². The molecule has 20 heavy (non-hydrogen) atoms. The lowest BCUT2D eigenvalue weighted by atomic mass is 10.1. The van der Waals surface area contributed by atoms with Gasteiger partial charge in [-0.3, -0.25) is 0 Å². The van der Waals surface area contributed by atoms with Gasteiger partial charge in [0.2, 0.25) is 4.96 Å². The highest BCUT2D eigenvalue weighted by atomic mass is 32.1. The Bertz CT molecular complexity index is 605. The number of fused-ring (bicyclic) bond motifs is 1. The first-order valence-electron chi connectivity index (χ1n) is 7.40. The average molecular weight is 293 g/mol. The molecule has 3 heterocycles. The summed E-state index contributed by atoms with van der Waals surface area (Å²) in [6.07, 6.45) is 3.59. The van der Waals surface area contributed by atoms with E-state index >= 15 is 0 Å². The molecule has 2 fully saturated rings. The third kappa shape index (κ3) is 2.13. The minimum atomic E-state index is 0.348. The van der Waals surface area contributed by atoms with Gasteiger partial charge >= 0.3 is 0 Å². The van der Waals surface area contributed by atoms with Crippen molar-refractivity contribution in [2.75, 3.05) is 19.8 Å². The number of hydrogen-bond donors (Lipinski definition) is 1. The highest BCUT2D eigenvalue weighted by molar-refractivity contribution is 7.16. The Labute approximate surface area is 121 Å². The van der Waals surface area contributed by atoms with Crippen LogP contribution in [0.1, 0.15) is 48.9 Å². The molecular formula is C13H19N5OS. The van der Waals surface area contributed by atoms with E-state index in [0.29, 0.717) is 17.9 Å². The van der Waals surface area contributed by atoms with Crippen molar-refractivity contribution in [2.45, 2.75) is 44.1 Å². The van der Waals surface area contributed by atoms with Crippen LogP contribution in [0.4, 0.5) is 0 Å². The highest BCUT2D eigenvalue weighted by Crippen LogP contribution is 2.40. The number of rotatable bonds is 5. The number of aromatic nitrogens is 4. The zero-order chi connectivity index (χ0) is 13.5. The zero-order valence-corrected chi connectivity index (χ0v) is 12.4. The maximum absolute atomic E-state index is 5.64. The quantitative estimate of drug-likeness (QED) is 0.906. The van der Waals surface area contributed by atoms with Crippen molar-refractivity contribution in [3.8, 4) is 0 Å². The third-order valence-electron chi connectivity index (χ3n) is 4.03. The van der Waals surface area contributed by atoms with Gasteiger partial charge in [0.25, 0.3) is 0 Å². The van der Waals surface area contributed by atoms with Gasteiger partial charge in [0, 0.05) is 12.0 Å². The van der Waals surface area contributed by atoms with Crippen LogP contribution in [0.5, 0.6) is 0 Å². The minimum Gasteiger partial charge on any atom is -0.379 e. The molecule has 0 aromatic carbocycles. The first-order chi connectivity index (χ1) is 9.86. The molecule has 0 radical (unpaired) electrons. The number of nitrogens with one attached hydrogen (secondary N) is 1. The second-order valence-electron chi connectivity index (χ2n) is 5.67. The molecule has 2 atom stereocenters. The minimum absolute atomic E-state index is 0.348. The van der Waals surface area contributed by atoms with Crippen molar-refractivity contribution < 1.29 is 4.74 Å². The molecule has 7 heteroatoms. The third-order valence-corrected chi connectivity index (χ3v) is 5.06. The van der Waals surface area contributed by atoms with E-state index < -0.39 is 0 Å². The molecule has 1 saturated heterocycles. The van der Waals surface area contributed by atoms with Crippen molar-refractivity contribution in [1.29, 1.82) is 0 Å². The van der Waals surface area contributed by atoms with Crippen LogP contribution < -0.4 is 5.32 Å². The monoisotopic (exact) mass is 293 g/mol. The van der Waals surface area contributed by atoms with Crippen LogP contribution in [0.3, 0.4) is 0 Å². The van der Waals surface area contributed by atoms with Gasteiger partial charge in [-0.05, 0) is 25.8 Å². The van der Waals surface area contributed by atoms with E-state index in [9.17, 15) is 0 Å². The van der Waals surface area contributed by atoms with Crippen LogP contribution in [0.25, 0.3) is 4.96 Å². The predicted molar refractivity (Wildman–Crippen MR) is 76.3 cm³/mol. The van der Waals surface area contributed by atoms with Crippen LogP contribution in [0, 0.1) is 0 Å². The summed E-state index contributed by atoms with van der Waals surface area (Å²) in [7, 11) is 0. The lowest BCUT2D eigenvalue weighted by molar-refractivity contribution is 0.187. The van der Waals surface area contributed by atoms with E-state index in [1.54, 1.807) is 11.3 Å². The fourth-order valence-corrected chi connectivity index (χ4v) is 3.72. The van der Waals surface area contributed by atoms with Crippen molar-refractivity contribution in [3.63, 3.8) is 0 Å². The van der Waals surface area contributed by atoms with E-state index in [1.165, 1.54) is 12.8 Å². The van der Waals surface area contributed by atoms with Crippen molar-refractivity contribution in [2.24, 2.45) is 0 Å². The second-order valence-corrected chi connectivity index (χ2v) is 6.66. The normalized spacial score (nSPS) is 26.6. The van der Waals surface area contributed by atoms with Crippen LogP contribution in [-0.2, 0) is 4.74 Å². The highest BCUT2D eigenvalue weighted by Gasteiger charge is 2.34. The molecule has 1 N–H and O–H groups in total. The molecule has 0 amide bonds. The molecule has 6 nitrogen and oxygen atoms in total. The van der Waals surface area contributed by atoms with Gasteiger partial charge in [-0.1, -0.05) is 18.3 Å². The van der Waals surface area contributed by atoms with Gasteiger partial charge in [0.15, 0.2) is 5.82 Å². The van der Waals surface area contributed by atoms with E-state index in [-0.39, 0.29) is 0 Å². The predicted octanol–water partition coefficient (Wildman–Crippen LogP) is 1.55. The van der Waals surface area contributed by atoms with Crippen LogP contribution >= 0.6 is 11.3 Å². The Morgan fingerprint density at radius 1 is 1.35 bits per heavy atom. The van der Waals surface area contributed by atoms with Crippen LogP contribution in [-0.4, -0.2) is 45.6 Å². The molecule has 0 bridgehead atoms. The van der Waals surface area contributed by atoms with Gasteiger partial charge in [0.1, 0.15) is 5.01 Å². The standard InChI is InChI=1S/C13H19N5OS/c1-2-5-14-10-7-19-6-9(10)12-17-18-11(8-3-4-8)15-16-13(18)20-12/h8-10,14H,2-7H2,1H3. The average Bonchev–Trinajstić information content (AvgIpc) is 2.88. The number of nitrogens with zero attached hydrogens (tertiary/aromatic N) is 4. The maximum atomic E-state index is 5.64. The SMILES string of the molecule is CCCNC1COCC1c1nn2c(C3CC3)nnc2s1. The maximum Gasteiger partial charge on any atom is 0.234 e. The summed E-state index contributed by atoms with van der Waals surface area (Å²) < 4.78 is 7.59. The van der Waals surface area contributed by atoms with E-state index in [2.05, 4.69) is 22.4 Å². The Kier molecular flexibility index (Phi) is 3.20. The summed E-state index contributed by atoms with van der Waals surface area (Å²) in [6.45, 7) is 4.75. The number of ether oxygens (including phenoxy) is 1. The molecular weight excluding hydrogens is 274 g/mol. The van der Waals surface area contributed by atoms with Gasteiger partial charge in [-0.2, -0.15) is 9.61 Å². The number of hydrogen-bond acceptors (Lipinski definition) is 6. The molecule has 2 aromatic heterocycles. The molecule has 2 aliphatic rings. The van der Waals surface area contributed by atoms with Gasteiger partial charge in [-0.25, -0.2) is 0 Å².